The number of piperidine rings is 1. The van der Waals surface area contributed by atoms with Crippen LogP contribution in [0.15, 0.2) is 54.6 Å². The van der Waals surface area contributed by atoms with Gasteiger partial charge in [-0.15, -0.1) is 6.58 Å². The number of esters is 1. The zero-order chi connectivity index (χ0) is 17.4. The average Bonchev–Trinajstić information content (AvgIpc) is 2.62. The smallest absolute Gasteiger partial charge is 0.410 e. The molecule has 1 fully saturated rings. The molecule has 0 bridgehead atoms. The van der Waals surface area contributed by atoms with Gasteiger partial charge in [-0.3, -0.25) is 0 Å². The number of methoxy groups -OCH3 is 1. The van der Waals surface area contributed by atoms with Crippen LogP contribution in [0.2, 0.25) is 0 Å². The molecule has 1 amide bonds. The van der Waals surface area contributed by atoms with Gasteiger partial charge in [-0.1, -0.05) is 36.4 Å². The molecule has 5 heteroatoms. The molecule has 5 nitrogen and oxygen atoms in total. The van der Waals surface area contributed by atoms with E-state index in [0.717, 1.165) is 24.0 Å². The van der Waals surface area contributed by atoms with Gasteiger partial charge in [0.1, 0.15) is 6.61 Å². The molecule has 1 saturated heterocycles. The van der Waals surface area contributed by atoms with Crippen molar-refractivity contribution in [3.63, 3.8) is 0 Å². The predicted octanol–water partition coefficient (Wildman–Crippen LogP) is 3.32. The van der Waals surface area contributed by atoms with E-state index in [1.807, 2.05) is 36.4 Å². The molecule has 1 aromatic carbocycles. The fourth-order valence-corrected chi connectivity index (χ4v) is 2.74. The van der Waals surface area contributed by atoms with Crippen molar-refractivity contribution < 1.29 is 19.1 Å². The highest BCUT2D eigenvalue weighted by Gasteiger charge is 2.27. The second-order valence-corrected chi connectivity index (χ2v) is 5.71. The van der Waals surface area contributed by atoms with Crippen molar-refractivity contribution in [2.24, 2.45) is 5.92 Å². The van der Waals surface area contributed by atoms with Crippen molar-refractivity contribution in [3.05, 3.63) is 60.2 Å². The molecule has 0 radical (unpaired) electrons. The molecule has 0 aliphatic carbocycles. The molecule has 24 heavy (non-hydrogen) atoms. The van der Waals surface area contributed by atoms with E-state index in [2.05, 4.69) is 6.58 Å². The normalized spacial score (nSPS) is 19.0. The van der Waals surface area contributed by atoms with Gasteiger partial charge in [-0.2, -0.15) is 0 Å². The van der Waals surface area contributed by atoms with Crippen LogP contribution in [0.4, 0.5) is 4.79 Å². The van der Waals surface area contributed by atoms with Crippen LogP contribution in [0.25, 0.3) is 0 Å². The maximum Gasteiger partial charge on any atom is 0.410 e. The number of amides is 1. The lowest BCUT2D eigenvalue weighted by molar-refractivity contribution is -0.135. The number of carbonyl (C=O) groups excluding carboxylic acids is 2. The summed E-state index contributed by atoms with van der Waals surface area (Å²) in [5, 5.41) is 0. The minimum absolute atomic E-state index is 0.208. The Balaban J connectivity index is 1.98. The first-order chi connectivity index (χ1) is 11.6. The number of allylic oxidation sites excluding steroid dienone is 1. The Morgan fingerprint density at radius 2 is 2.08 bits per heavy atom. The molecular formula is C19H23NO4. The second-order valence-electron chi connectivity index (χ2n) is 5.71. The quantitative estimate of drug-likeness (QED) is 0.472. The van der Waals surface area contributed by atoms with Crippen LogP contribution in [-0.2, 0) is 20.9 Å². The van der Waals surface area contributed by atoms with Crippen molar-refractivity contribution in [2.75, 3.05) is 20.2 Å². The average molecular weight is 329 g/mol. The lowest BCUT2D eigenvalue weighted by Crippen LogP contribution is -2.40. The zero-order valence-electron chi connectivity index (χ0n) is 13.9. The summed E-state index contributed by atoms with van der Waals surface area (Å²) in [7, 11) is 1.34. The molecule has 2 rings (SSSR count). The molecule has 1 heterocycles. The SMILES string of the molecule is C=CCC1CCN(C(=O)OCc2ccccc2)C/C1=C\C(=O)OC. The molecule has 0 N–H and O–H groups in total. The third-order valence-corrected chi connectivity index (χ3v) is 4.06. The standard InChI is InChI=1S/C19H23NO4/c1-3-7-16-10-11-20(13-17(16)12-18(21)23-2)19(22)24-14-15-8-5-4-6-9-15/h3-6,8-9,12,16H,1,7,10-11,13-14H2,2H3/b17-12+. The van der Waals surface area contributed by atoms with E-state index in [1.165, 1.54) is 13.2 Å². The lowest BCUT2D eigenvalue weighted by Gasteiger charge is -2.33. The van der Waals surface area contributed by atoms with Crippen molar-refractivity contribution >= 4 is 12.1 Å². The van der Waals surface area contributed by atoms with Crippen LogP contribution in [0.3, 0.4) is 0 Å². The van der Waals surface area contributed by atoms with E-state index in [9.17, 15) is 9.59 Å². The Bertz CT molecular complexity index is 609. The zero-order valence-corrected chi connectivity index (χ0v) is 13.9. The van der Waals surface area contributed by atoms with Gasteiger partial charge in [0.15, 0.2) is 0 Å². The van der Waals surface area contributed by atoms with Gasteiger partial charge in [0.05, 0.1) is 7.11 Å². The third-order valence-electron chi connectivity index (χ3n) is 4.06. The Morgan fingerprint density at radius 3 is 2.75 bits per heavy atom. The molecule has 0 spiro atoms. The molecule has 0 saturated carbocycles. The third kappa shape index (κ3) is 4.98. The van der Waals surface area contributed by atoms with E-state index in [0.29, 0.717) is 13.1 Å². The first-order valence-electron chi connectivity index (χ1n) is 7.99. The highest BCUT2D eigenvalue weighted by Crippen LogP contribution is 2.27. The molecule has 1 aliphatic rings. The molecule has 1 unspecified atom stereocenters. The van der Waals surface area contributed by atoms with Gasteiger partial charge >= 0.3 is 12.1 Å². The highest BCUT2D eigenvalue weighted by atomic mass is 16.6. The predicted molar refractivity (Wildman–Crippen MR) is 91.2 cm³/mol. The van der Waals surface area contributed by atoms with Crippen LogP contribution in [0, 0.1) is 5.92 Å². The fraction of sp³-hybridized carbons (Fsp3) is 0.368. The van der Waals surface area contributed by atoms with Crippen LogP contribution in [-0.4, -0.2) is 37.2 Å². The minimum Gasteiger partial charge on any atom is -0.466 e. The number of ether oxygens (including phenoxy) is 2. The van der Waals surface area contributed by atoms with Gasteiger partial charge in [0, 0.05) is 19.2 Å². The Morgan fingerprint density at radius 1 is 1.33 bits per heavy atom. The van der Waals surface area contributed by atoms with Crippen molar-refractivity contribution in [2.45, 2.75) is 19.4 Å². The number of hydrogen-bond acceptors (Lipinski definition) is 4. The van der Waals surface area contributed by atoms with Gasteiger partial charge in [0.2, 0.25) is 0 Å². The molecule has 1 aromatic rings. The first-order valence-corrected chi connectivity index (χ1v) is 7.99. The first kappa shape index (κ1) is 17.8. The number of benzene rings is 1. The molecule has 0 aromatic heterocycles. The fourth-order valence-electron chi connectivity index (χ4n) is 2.74. The number of likely N-dealkylation sites (tertiary alicyclic amines) is 1. The van der Waals surface area contributed by atoms with Crippen LogP contribution < -0.4 is 0 Å². The molecular weight excluding hydrogens is 306 g/mol. The summed E-state index contributed by atoms with van der Waals surface area (Å²) in [6, 6.07) is 9.54. The van der Waals surface area contributed by atoms with Crippen molar-refractivity contribution in [1.29, 1.82) is 0 Å². The van der Waals surface area contributed by atoms with Gasteiger partial charge in [-0.25, -0.2) is 9.59 Å². The second kappa shape index (κ2) is 8.91. The van der Waals surface area contributed by atoms with E-state index in [4.69, 9.17) is 9.47 Å². The molecule has 1 atom stereocenters. The summed E-state index contributed by atoms with van der Waals surface area (Å²) in [4.78, 5) is 25.5. The van der Waals surface area contributed by atoms with Gasteiger partial charge in [-0.05, 0) is 29.9 Å². The van der Waals surface area contributed by atoms with Gasteiger partial charge < -0.3 is 14.4 Å². The van der Waals surface area contributed by atoms with E-state index < -0.39 is 5.97 Å². The maximum absolute atomic E-state index is 12.3. The van der Waals surface area contributed by atoms with Crippen molar-refractivity contribution in [3.8, 4) is 0 Å². The minimum atomic E-state index is -0.404. The van der Waals surface area contributed by atoms with E-state index >= 15 is 0 Å². The van der Waals surface area contributed by atoms with E-state index in [-0.39, 0.29) is 18.6 Å². The summed E-state index contributed by atoms with van der Waals surface area (Å²) < 4.78 is 10.1. The van der Waals surface area contributed by atoms with E-state index in [1.54, 1.807) is 4.90 Å². The van der Waals surface area contributed by atoms with Crippen LogP contribution >= 0.6 is 0 Å². The van der Waals surface area contributed by atoms with Gasteiger partial charge in [0.25, 0.3) is 0 Å². The monoisotopic (exact) mass is 329 g/mol. The highest BCUT2D eigenvalue weighted by molar-refractivity contribution is 5.83. The topological polar surface area (TPSA) is 55.8 Å². The number of nitrogens with zero attached hydrogens (tertiary/aromatic N) is 1. The maximum atomic E-state index is 12.3. The molecule has 1 aliphatic heterocycles. The summed E-state index contributed by atoms with van der Waals surface area (Å²) in [5.41, 5.74) is 1.82. The largest absolute Gasteiger partial charge is 0.466 e. The van der Waals surface area contributed by atoms with Crippen molar-refractivity contribution in [1.82, 2.24) is 4.90 Å². The van der Waals surface area contributed by atoms with Crippen LogP contribution in [0.5, 0.6) is 0 Å². The summed E-state index contributed by atoms with van der Waals surface area (Å²) >= 11 is 0. The molecule has 128 valence electrons. The summed E-state index contributed by atoms with van der Waals surface area (Å²) in [6.45, 7) is 4.97. The number of carbonyl (C=O) groups is 2. The Labute approximate surface area is 142 Å². The Hall–Kier alpha value is -2.56. The summed E-state index contributed by atoms with van der Waals surface area (Å²) in [5.74, 6) is -0.196. The lowest BCUT2D eigenvalue weighted by atomic mass is 9.88. The van der Waals surface area contributed by atoms with Crippen LogP contribution in [0.1, 0.15) is 18.4 Å². The number of rotatable bonds is 5. The Kier molecular flexibility index (Phi) is 6.61. The summed E-state index contributed by atoms with van der Waals surface area (Å²) in [6.07, 6.45) is 4.49. The number of hydrogen-bond donors (Lipinski definition) is 0.